The van der Waals surface area contributed by atoms with Crippen molar-refractivity contribution in [3.63, 3.8) is 0 Å². The van der Waals surface area contributed by atoms with E-state index in [1.165, 1.54) is 141 Å². The van der Waals surface area contributed by atoms with Crippen molar-refractivity contribution < 1.29 is 0 Å². The minimum atomic E-state index is 0.645. The Labute approximate surface area is 203 Å². The Morgan fingerprint density at radius 1 is 0.688 bits per heavy atom. The Morgan fingerprint density at radius 2 is 1.12 bits per heavy atom. The van der Waals surface area contributed by atoms with Gasteiger partial charge >= 0.3 is 0 Å². The van der Waals surface area contributed by atoms with E-state index in [0.717, 1.165) is 6.54 Å². The molecule has 1 unspecified atom stereocenters. The van der Waals surface area contributed by atoms with Gasteiger partial charge in [-0.15, -0.1) is 6.58 Å². The van der Waals surface area contributed by atoms with Gasteiger partial charge in [0.15, 0.2) is 0 Å². The number of rotatable bonds is 26. The van der Waals surface area contributed by atoms with E-state index in [4.69, 9.17) is 0 Å². The number of allylic oxidation sites excluding steroid dienone is 2. The van der Waals surface area contributed by atoms with Crippen LogP contribution in [0.2, 0.25) is 0 Å². The van der Waals surface area contributed by atoms with E-state index in [-0.39, 0.29) is 0 Å². The van der Waals surface area contributed by atoms with Crippen LogP contribution in [-0.4, -0.2) is 18.6 Å². The van der Waals surface area contributed by atoms with Gasteiger partial charge in [0.05, 0.1) is 0 Å². The molecule has 1 N–H and O–H groups in total. The average Bonchev–Trinajstić information content (AvgIpc) is 2.80. The van der Waals surface area contributed by atoms with Gasteiger partial charge in [-0.3, -0.25) is 0 Å². The second kappa shape index (κ2) is 24.9. The number of hydrogen-bond acceptors (Lipinski definition) is 2. The zero-order valence-electron chi connectivity index (χ0n) is 22.6. The van der Waals surface area contributed by atoms with Crippen molar-refractivity contribution in [1.29, 1.82) is 0 Å². The summed E-state index contributed by atoms with van der Waals surface area (Å²) < 4.78 is 0. The summed E-state index contributed by atoms with van der Waals surface area (Å²) in [5.74, 6) is 0.645. The van der Waals surface area contributed by atoms with E-state index in [1.807, 2.05) is 0 Å². The first-order valence-corrected chi connectivity index (χ1v) is 14.5. The second-order valence-electron chi connectivity index (χ2n) is 9.88. The summed E-state index contributed by atoms with van der Waals surface area (Å²) in [7, 11) is 2.08. The summed E-state index contributed by atoms with van der Waals surface area (Å²) in [6.07, 6.45) is 30.5. The van der Waals surface area contributed by atoms with Crippen molar-refractivity contribution in [2.75, 3.05) is 13.6 Å². The predicted octanol–water partition coefficient (Wildman–Crippen LogP) is 9.97. The summed E-state index contributed by atoms with van der Waals surface area (Å²) in [5, 5.41) is 2.37. The molecule has 32 heavy (non-hydrogen) atoms. The molecule has 0 heterocycles. The van der Waals surface area contributed by atoms with Crippen molar-refractivity contribution >= 4 is 0 Å². The summed E-state index contributed by atoms with van der Waals surface area (Å²) >= 11 is 0. The first-order valence-electron chi connectivity index (χ1n) is 14.5. The molecular weight excluding hydrogens is 388 g/mol. The molecule has 0 aliphatic heterocycles. The number of hydrogen-bond donors (Lipinski definition) is 1. The summed E-state index contributed by atoms with van der Waals surface area (Å²) in [6.45, 7) is 14.1. The van der Waals surface area contributed by atoms with Crippen molar-refractivity contribution in [2.45, 2.75) is 149 Å². The smallest absolute Gasteiger partial charge is 0.0340 e. The number of hydrazine groups is 1. The molecule has 0 radical (unpaired) electrons. The minimum absolute atomic E-state index is 0.645. The molecule has 0 aromatic rings. The molecule has 0 bridgehead atoms. The fraction of sp³-hybridized carbons (Fsp3) is 0.867. The van der Waals surface area contributed by atoms with Gasteiger partial charge < -0.3 is 5.01 Å². The molecular formula is C30H60N2. The quantitative estimate of drug-likeness (QED) is 0.0804. The normalized spacial score (nSPS) is 12.1. The first-order chi connectivity index (χ1) is 15.7. The third-order valence-corrected chi connectivity index (χ3v) is 6.94. The van der Waals surface area contributed by atoms with Gasteiger partial charge in [0.2, 0.25) is 0 Å². The first kappa shape index (κ1) is 31.2. The molecule has 0 aromatic heterocycles. The lowest BCUT2D eigenvalue weighted by Gasteiger charge is -2.31. The van der Waals surface area contributed by atoms with E-state index >= 15 is 0 Å². The molecule has 0 amide bonds. The molecule has 0 saturated carbocycles. The van der Waals surface area contributed by atoms with Crippen LogP contribution >= 0.6 is 0 Å². The van der Waals surface area contributed by atoms with Gasteiger partial charge in [0.25, 0.3) is 0 Å². The Kier molecular flexibility index (Phi) is 24.3. The topological polar surface area (TPSA) is 15.3 Å². The number of nitrogens with one attached hydrogen (secondary N) is 1. The molecule has 1 atom stereocenters. The maximum atomic E-state index is 4.59. The third-order valence-electron chi connectivity index (χ3n) is 6.94. The second-order valence-corrected chi connectivity index (χ2v) is 9.88. The highest BCUT2D eigenvalue weighted by atomic mass is 15.5. The molecule has 0 aliphatic carbocycles. The largest absolute Gasteiger partial charge is 0.313 e. The lowest BCUT2D eigenvalue weighted by Crippen LogP contribution is -2.37. The van der Waals surface area contributed by atoms with Crippen molar-refractivity contribution in [1.82, 2.24) is 10.4 Å². The number of unbranched alkanes of at least 4 members (excludes halogenated alkanes) is 16. The van der Waals surface area contributed by atoms with E-state index in [9.17, 15) is 0 Å². The van der Waals surface area contributed by atoms with Gasteiger partial charge in [0.1, 0.15) is 0 Å². The maximum absolute atomic E-state index is 4.59. The van der Waals surface area contributed by atoms with Crippen molar-refractivity contribution in [3.05, 3.63) is 24.9 Å². The molecule has 0 aromatic carbocycles. The van der Waals surface area contributed by atoms with Gasteiger partial charge in [-0.05, 0) is 38.0 Å². The van der Waals surface area contributed by atoms with Crippen molar-refractivity contribution in [3.8, 4) is 0 Å². The van der Waals surface area contributed by atoms with E-state index in [0.29, 0.717) is 5.92 Å². The lowest BCUT2D eigenvalue weighted by atomic mass is 9.91. The number of nitrogens with zero attached hydrogens (tertiary/aromatic N) is 1. The predicted molar refractivity (Wildman–Crippen MR) is 147 cm³/mol. The zero-order chi connectivity index (χ0) is 23.7. The van der Waals surface area contributed by atoms with Crippen LogP contribution in [0.4, 0.5) is 0 Å². The van der Waals surface area contributed by atoms with Crippen LogP contribution in [0.25, 0.3) is 0 Å². The molecule has 0 spiro atoms. The molecule has 0 fully saturated rings. The fourth-order valence-corrected chi connectivity index (χ4v) is 4.70. The molecule has 2 heteroatoms. The Hall–Kier alpha value is -0.760. The van der Waals surface area contributed by atoms with Crippen LogP contribution in [0.15, 0.2) is 24.9 Å². The SMILES string of the molecule is C=CCCCCCCCC(CCCCCCCC)C(=C)N(CCCCCCCCC)NC. The van der Waals surface area contributed by atoms with Crippen molar-refractivity contribution in [2.24, 2.45) is 5.92 Å². The molecule has 0 aliphatic rings. The summed E-state index contributed by atoms with van der Waals surface area (Å²) in [6, 6.07) is 0. The highest BCUT2D eigenvalue weighted by molar-refractivity contribution is 4.99. The highest BCUT2D eigenvalue weighted by Crippen LogP contribution is 2.27. The highest BCUT2D eigenvalue weighted by Gasteiger charge is 2.17. The third kappa shape index (κ3) is 18.8. The van der Waals surface area contributed by atoms with Crippen LogP contribution in [0, 0.1) is 5.92 Å². The standard InChI is InChI=1S/C30H60N2/c1-6-9-12-15-18-21-24-27-30(26-23-20-17-14-11-8-3)29(4)32(31-5)28-25-22-19-16-13-10-7-2/h6,30-31H,1,4,7-28H2,2-3,5H3. The molecule has 2 nitrogen and oxygen atoms in total. The molecule has 190 valence electrons. The Morgan fingerprint density at radius 3 is 1.59 bits per heavy atom. The van der Waals surface area contributed by atoms with Crippen LogP contribution in [0.1, 0.15) is 149 Å². The van der Waals surface area contributed by atoms with E-state index in [2.05, 4.69) is 50.6 Å². The van der Waals surface area contributed by atoms with E-state index in [1.54, 1.807) is 0 Å². The van der Waals surface area contributed by atoms with Crippen LogP contribution in [0.5, 0.6) is 0 Å². The fourth-order valence-electron chi connectivity index (χ4n) is 4.70. The van der Waals surface area contributed by atoms with Gasteiger partial charge in [-0.2, -0.15) is 0 Å². The molecule has 0 saturated heterocycles. The van der Waals surface area contributed by atoms with Crippen LogP contribution in [-0.2, 0) is 0 Å². The maximum Gasteiger partial charge on any atom is 0.0340 e. The van der Waals surface area contributed by atoms with Gasteiger partial charge in [0, 0.05) is 19.3 Å². The van der Waals surface area contributed by atoms with Crippen LogP contribution < -0.4 is 5.43 Å². The van der Waals surface area contributed by atoms with Crippen LogP contribution in [0.3, 0.4) is 0 Å². The Balaban J connectivity index is 4.39. The minimum Gasteiger partial charge on any atom is -0.313 e. The Bertz CT molecular complexity index is 404. The summed E-state index contributed by atoms with van der Waals surface area (Å²) in [5.41, 5.74) is 4.81. The van der Waals surface area contributed by atoms with Gasteiger partial charge in [-0.1, -0.05) is 129 Å². The summed E-state index contributed by atoms with van der Waals surface area (Å²) in [4.78, 5) is 0. The monoisotopic (exact) mass is 448 g/mol. The van der Waals surface area contributed by atoms with E-state index < -0.39 is 0 Å². The lowest BCUT2D eigenvalue weighted by molar-refractivity contribution is 0.222. The van der Waals surface area contributed by atoms with Gasteiger partial charge in [-0.25, -0.2) is 5.43 Å². The molecule has 0 rings (SSSR count). The zero-order valence-corrected chi connectivity index (χ0v) is 22.6. The average molecular weight is 449 g/mol.